The Hall–Kier alpha value is -2.89. The Balaban J connectivity index is 1.92. The maximum absolute atomic E-state index is 12.2. The largest absolute Gasteiger partial charge is 0.396 e. The number of nitrogens with one attached hydrogen (secondary N) is 2. The molecule has 1 aliphatic carbocycles. The van der Waals surface area contributed by atoms with E-state index < -0.39 is 0 Å². The number of nitrogens with zero attached hydrogens (tertiary/aromatic N) is 3. The van der Waals surface area contributed by atoms with E-state index in [-0.39, 0.29) is 41.3 Å². The fourth-order valence-corrected chi connectivity index (χ4v) is 3.51. The lowest BCUT2D eigenvalue weighted by molar-refractivity contribution is 0.0950. The SMILES string of the molecule is CCNC(=O)c1ncccc1C#Cc1c(Cl)nc(N)nc1N[C@H]1CCC(CO)C1. The zero-order valence-electron chi connectivity index (χ0n) is 16.1. The monoisotopic (exact) mass is 414 g/mol. The second-order valence-corrected chi connectivity index (χ2v) is 7.17. The molecule has 5 N–H and O–H groups in total. The molecular weight excluding hydrogens is 392 g/mol. The van der Waals surface area contributed by atoms with Crippen LogP contribution >= 0.6 is 11.6 Å². The normalized spacial score (nSPS) is 18.0. The fourth-order valence-electron chi connectivity index (χ4n) is 3.29. The number of carbonyl (C=O) groups excluding carboxylic acids is 1. The third kappa shape index (κ3) is 5.13. The number of halogens is 1. The van der Waals surface area contributed by atoms with E-state index in [1.165, 1.54) is 0 Å². The summed E-state index contributed by atoms with van der Waals surface area (Å²) < 4.78 is 0. The van der Waals surface area contributed by atoms with Gasteiger partial charge in [-0.1, -0.05) is 23.4 Å². The highest BCUT2D eigenvalue weighted by atomic mass is 35.5. The smallest absolute Gasteiger partial charge is 0.271 e. The Kier molecular flexibility index (Phi) is 6.86. The Labute approximate surface area is 174 Å². The molecule has 0 spiro atoms. The summed E-state index contributed by atoms with van der Waals surface area (Å²) in [6.45, 7) is 2.49. The predicted molar refractivity (Wildman–Crippen MR) is 112 cm³/mol. The standard InChI is InChI=1S/C20H23ClN6O2/c1-2-23-19(29)16-13(4-3-9-24-16)6-8-15-17(21)26-20(22)27-18(15)25-14-7-5-12(10-14)11-28/h3-4,9,12,14,28H,2,5,7,10-11H2,1H3,(H,23,29)(H3,22,25,26,27)/t12?,14-/m0/s1. The molecule has 1 aliphatic rings. The van der Waals surface area contributed by atoms with Gasteiger partial charge in [-0.2, -0.15) is 9.97 Å². The molecular formula is C20H23ClN6O2. The van der Waals surface area contributed by atoms with Crippen LogP contribution in [0.25, 0.3) is 0 Å². The molecule has 1 amide bonds. The first-order valence-electron chi connectivity index (χ1n) is 9.47. The summed E-state index contributed by atoms with van der Waals surface area (Å²) in [5.74, 6) is 6.39. The third-order valence-electron chi connectivity index (χ3n) is 4.70. The van der Waals surface area contributed by atoms with Gasteiger partial charge in [0, 0.05) is 25.4 Å². The number of nitrogen functional groups attached to an aromatic ring is 1. The summed E-state index contributed by atoms with van der Waals surface area (Å²) in [7, 11) is 0. The number of hydrogen-bond acceptors (Lipinski definition) is 7. The Morgan fingerprint density at radius 1 is 1.38 bits per heavy atom. The van der Waals surface area contributed by atoms with Crippen LogP contribution in [0.15, 0.2) is 18.3 Å². The summed E-state index contributed by atoms with van der Waals surface area (Å²) >= 11 is 6.29. The third-order valence-corrected chi connectivity index (χ3v) is 4.98. The van der Waals surface area contributed by atoms with Gasteiger partial charge in [0.15, 0.2) is 5.15 Å². The highest BCUT2D eigenvalue weighted by molar-refractivity contribution is 6.31. The van der Waals surface area contributed by atoms with Crippen molar-refractivity contribution in [3.8, 4) is 11.8 Å². The summed E-state index contributed by atoms with van der Waals surface area (Å²) in [5, 5.41) is 15.5. The Morgan fingerprint density at radius 3 is 2.93 bits per heavy atom. The van der Waals surface area contributed by atoms with Gasteiger partial charge in [0.2, 0.25) is 5.95 Å². The minimum atomic E-state index is -0.295. The Bertz CT molecular complexity index is 956. The second-order valence-electron chi connectivity index (χ2n) is 6.81. The van der Waals surface area contributed by atoms with Crippen LogP contribution in [0.1, 0.15) is 47.8 Å². The van der Waals surface area contributed by atoms with E-state index in [0.29, 0.717) is 23.5 Å². The first kappa shape index (κ1) is 20.8. The topological polar surface area (TPSA) is 126 Å². The predicted octanol–water partition coefficient (Wildman–Crippen LogP) is 1.83. The van der Waals surface area contributed by atoms with Gasteiger partial charge < -0.3 is 21.5 Å². The minimum absolute atomic E-state index is 0.0455. The van der Waals surface area contributed by atoms with Gasteiger partial charge in [-0.25, -0.2) is 4.98 Å². The lowest BCUT2D eigenvalue weighted by Crippen LogP contribution is -2.24. The molecule has 0 aliphatic heterocycles. The van der Waals surface area contributed by atoms with Gasteiger partial charge in [-0.3, -0.25) is 4.79 Å². The Morgan fingerprint density at radius 2 is 2.21 bits per heavy atom. The van der Waals surface area contributed by atoms with Crippen LogP contribution in [0.4, 0.5) is 11.8 Å². The van der Waals surface area contributed by atoms with Crippen molar-refractivity contribution < 1.29 is 9.90 Å². The van der Waals surface area contributed by atoms with E-state index in [4.69, 9.17) is 17.3 Å². The molecule has 1 fully saturated rings. The molecule has 0 bridgehead atoms. The van der Waals surface area contributed by atoms with E-state index in [0.717, 1.165) is 19.3 Å². The molecule has 1 unspecified atom stereocenters. The average Bonchev–Trinajstić information content (AvgIpc) is 3.15. The number of aliphatic hydroxyl groups is 1. The molecule has 9 heteroatoms. The van der Waals surface area contributed by atoms with Gasteiger partial charge in [0.1, 0.15) is 17.1 Å². The number of rotatable bonds is 5. The molecule has 2 aromatic heterocycles. The first-order chi connectivity index (χ1) is 14.0. The van der Waals surface area contributed by atoms with E-state index in [1.54, 1.807) is 18.3 Å². The number of amides is 1. The summed E-state index contributed by atoms with van der Waals surface area (Å²) in [6.07, 6.45) is 4.22. The van der Waals surface area contributed by atoms with Crippen LogP contribution in [0.3, 0.4) is 0 Å². The van der Waals surface area contributed by atoms with Gasteiger partial charge >= 0.3 is 0 Å². The van der Waals surface area contributed by atoms with Crippen LogP contribution in [0.2, 0.25) is 5.15 Å². The van der Waals surface area contributed by atoms with Crippen LogP contribution in [-0.4, -0.2) is 45.2 Å². The zero-order valence-corrected chi connectivity index (χ0v) is 16.8. The second kappa shape index (κ2) is 9.54. The fraction of sp³-hybridized carbons (Fsp3) is 0.400. The van der Waals surface area contributed by atoms with E-state index in [1.807, 2.05) is 6.92 Å². The van der Waals surface area contributed by atoms with Gasteiger partial charge in [-0.05, 0) is 44.2 Å². The highest BCUT2D eigenvalue weighted by Crippen LogP contribution is 2.29. The maximum Gasteiger partial charge on any atom is 0.271 e. The average molecular weight is 415 g/mol. The molecule has 152 valence electrons. The minimum Gasteiger partial charge on any atom is -0.396 e. The first-order valence-corrected chi connectivity index (χ1v) is 9.85. The van der Waals surface area contributed by atoms with Crippen molar-refractivity contribution in [3.05, 3.63) is 40.3 Å². The molecule has 0 aromatic carbocycles. The number of carbonyl (C=O) groups is 1. The molecule has 8 nitrogen and oxygen atoms in total. The van der Waals surface area contributed by atoms with Gasteiger partial charge in [0.05, 0.1) is 5.56 Å². The molecule has 0 saturated heterocycles. The summed E-state index contributed by atoms with van der Waals surface area (Å²) in [5.41, 5.74) is 6.88. The molecule has 0 radical (unpaired) electrons. The van der Waals surface area contributed by atoms with Crippen molar-refractivity contribution in [2.45, 2.75) is 32.2 Å². The molecule has 1 saturated carbocycles. The van der Waals surface area contributed by atoms with Crippen molar-refractivity contribution in [3.63, 3.8) is 0 Å². The molecule has 2 heterocycles. The van der Waals surface area contributed by atoms with Crippen molar-refractivity contribution in [1.29, 1.82) is 0 Å². The lowest BCUT2D eigenvalue weighted by atomic mass is 10.1. The number of aromatic nitrogens is 3. The van der Waals surface area contributed by atoms with Gasteiger partial charge in [0.25, 0.3) is 5.91 Å². The molecule has 3 rings (SSSR count). The quantitative estimate of drug-likeness (QED) is 0.434. The summed E-state index contributed by atoms with van der Waals surface area (Å²) in [6, 6.07) is 3.56. The number of anilines is 2. The molecule has 2 aromatic rings. The number of pyridine rings is 1. The van der Waals surface area contributed by atoms with Crippen LogP contribution in [0.5, 0.6) is 0 Å². The van der Waals surface area contributed by atoms with Crippen molar-refractivity contribution in [1.82, 2.24) is 20.3 Å². The highest BCUT2D eigenvalue weighted by Gasteiger charge is 2.25. The van der Waals surface area contributed by atoms with Crippen molar-refractivity contribution in [2.75, 3.05) is 24.2 Å². The van der Waals surface area contributed by atoms with E-state index >= 15 is 0 Å². The lowest BCUT2D eigenvalue weighted by Gasteiger charge is -2.15. The van der Waals surface area contributed by atoms with E-state index in [2.05, 4.69) is 37.4 Å². The zero-order chi connectivity index (χ0) is 20.8. The van der Waals surface area contributed by atoms with E-state index in [9.17, 15) is 9.90 Å². The van der Waals surface area contributed by atoms with Crippen molar-refractivity contribution in [2.24, 2.45) is 5.92 Å². The van der Waals surface area contributed by atoms with Crippen molar-refractivity contribution >= 4 is 29.3 Å². The van der Waals surface area contributed by atoms with Crippen LogP contribution < -0.4 is 16.4 Å². The van der Waals surface area contributed by atoms with Crippen LogP contribution in [-0.2, 0) is 0 Å². The van der Waals surface area contributed by atoms with Gasteiger partial charge in [-0.15, -0.1) is 0 Å². The number of aliphatic hydroxyl groups excluding tert-OH is 1. The summed E-state index contributed by atoms with van der Waals surface area (Å²) in [4.78, 5) is 24.6. The molecule has 2 atom stereocenters. The maximum atomic E-state index is 12.2. The molecule has 29 heavy (non-hydrogen) atoms. The number of nitrogens with two attached hydrogens (primary N) is 1. The van der Waals surface area contributed by atoms with Crippen LogP contribution in [0, 0.1) is 17.8 Å². The number of hydrogen-bond donors (Lipinski definition) is 4.